The number of aliphatic carboxylic acids is 1. The Bertz CT molecular complexity index is 620. The van der Waals surface area contributed by atoms with E-state index in [1.54, 1.807) is 0 Å². The number of carboxylic acid groups (broad SMARTS) is 1. The van der Waals surface area contributed by atoms with Crippen LogP contribution in [0.1, 0.15) is 43.7 Å². The highest BCUT2D eigenvalue weighted by atomic mass is 16.4. The number of carboxylic acids is 1. The van der Waals surface area contributed by atoms with Gasteiger partial charge >= 0.3 is 5.97 Å². The van der Waals surface area contributed by atoms with Gasteiger partial charge in [0.25, 0.3) is 0 Å². The zero-order chi connectivity index (χ0) is 12.9. The number of fused-ring (bicyclic) bond motifs is 1. The first-order valence-corrected chi connectivity index (χ1v) is 6.39. The molecule has 2 aromatic rings. The van der Waals surface area contributed by atoms with Crippen LogP contribution in [0.15, 0.2) is 24.4 Å². The quantitative estimate of drug-likeness (QED) is 0.868. The second-order valence-corrected chi connectivity index (χ2v) is 5.55. The summed E-state index contributed by atoms with van der Waals surface area (Å²) in [5, 5.41) is 10.5. The Labute approximate surface area is 106 Å². The standard InChI is InChI=1S/C15H17NO2/c1-9(2)10-3-4-13-11(7-10)12(8-16-13)15(5-6-15)14(17)18/h3-4,7-9,16H,5-6H2,1-2H3,(H,17,18). The number of aromatic nitrogens is 1. The molecule has 3 rings (SSSR count). The molecule has 0 radical (unpaired) electrons. The summed E-state index contributed by atoms with van der Waals surface area (Å²) < 4.78 is 0. The van der Waals surface area contributed by atoms with Gasteiger partial charge in [-0.15, -0.1) is 0 Å². The van der Waals surface area contributed by atoms with Gasteiger partial charge in [0.05, 0.1) is 5.41 Å². The highest BCUT2D eigenvalue weighted by Crippen LogP contribution is 2.50. The van der Waals surface area contributed by atoms with Crippen LogP contribution in [-0.2, 0) is 10.2 Å². The lowest BCUT2D eigenvalue weighted by Crippen LogP contribution is -2.18. The topological polar surface area (TPSA) is 53.1 Å². The Morgan fingerprint density at radius 1 is 1.39 bits per heavy atom. The van der Waals surface area contributed by atoms with Crippen LogP contribution in [0.5, 0.6) is 0 Å². The van der Waals surface area contributed by atoms with Crippen LogP contribution >= 0.6 is 0 Å². The van der Waals surface area contributed by atoms with Gasteiger partial charge in [-0.1, -0.05) is 19.9 Å². The number of H-pyrrole nitrogens is 1. The van der Waals surface area contributed by atoms with E-state index in [4.69, 9.17) is 0 Å². The Morgan fingerprint density at radius 2 is 2.11 bits per heavy atom. The van der Waals surface area contributed by atoms with Gasteiger partial charge < -0.3 is 10.1 Å². The molecular formula is C15H17NO2. The first-order chi connectivity index (χ1) is 8.54. The lowest BCUT2D eigenvalue weighted by Gasteiger charge is -2.10. The van der Waals surface area contributed by atoms with Gasteiger partial charge in [-0.3, -0.25) is 4.79 Å². The van der Waals surface area contributed by atoms with Gasteiger partial charge in [0.1, 0.15) is 0 Å². The minimum Gasteiger partial charge on any atom is -0.481 e. The van der Waals surface area contributed by atoms with Crippen LogP contribution < -0.4 is 0 Å². The second-order valence-electron chi connectivity index (χ2n) is 5.55. The van der Waals surface area contributed by atoms with E-state index in [2.05, 4.69) is 31.0 Å². The molecule has 0 bridgehead atoms. The van der Waals surface area contributed by atoms with Crippen molar-refractivity contribution in [3.05, 3.63) is 35.5 Å². The fraction of sp³-hybridized carbons (Fsp3) is 0.400. The van der Waals surface area contributed by atoms with E-state index in [9.17, 15) is 9.90 Å². The van der Waals surface area contributed by atoms with Crippen molar-refractivity contribution in [3.63, 3.8) is 0 Å². The number of benzene rings is 1. The molecule has 1 aromatic carbocycles. The lowest BCUT2D eigenvalue weighted by molar-refractivity contribution is -0.140. The van der Waals surface area contributed by atoms with E-state index in [1.165, 1.54) is 5.56 Å². The van der Waals surface area contributed by atoms with E-state index in [0.29, 0.717) is 5.92 Å². The third kappa shape index (κ3) is 1.47. The maximum absolute atomic E-state index is 11.4. The van der Waals surface area contributed by atoms with Crippen molar-refractivity contribution >= 4 is 16.9 Å². The molecule has 1 saturated carbocycles. The third-order valence-corrected chi connectivity index (χ3v) is 4.05. The predicted octanol–water partition coefficient (Wildman–Crippen LogP) is 3.41. The van der Waals surface area contributed by atoms with E-state index in [0.717, 1.165) is 29.3 Å². The molecule has 3 heteroatoms. The summed E-state index contributed by atoms with van der Waals surface area (Å²) >= 11 is 0. The van der Waals surface area contributed by atoms with Crippen LogP contribution in [0.25, 0.3) is 10.9 Å². The van der Waals surface area contributed by atoms with Crippen LogP contribution in [0.2, 0.25) is 0 Å². The highest BCUT2D eigenvalue weighted by molar-refractivity contribution is 5.94. The van der Waals surface area contributed by atoms with Crippen LogP contribution in [0.4, 0.5) is 0 Å². The molecule has 94 valence electrons. The van der Waals surface area contributed by atoms with Crippen molar-refractivity contribution in [3.8, 4) is 0 Å². The largest absolute Gasteiger partial charge is 0.481 e. The molecule has 0 amide bonds. The second kappa shape index (κ2) is 3.61. The van der Waals surface area contributed by atoms with Gasteiger partial charge in [0, 0.05) is 17.1 Å². The van der Waals surface area contributed by atoms with E-state index < -0.39 is 11.4 Å². The summed E-state index contributed by atoms with van der Waals surface area (Å²) in [6.07, 6.45) is 3.37. The minimum absolute atomic E-state index is 0.456. The Kier molecular flexibility index (Phi) is 2.27. The van der Waals surface area contributed by atoms with E-state index >= 15 is 0 Å². The molecule has 2 N–H and O–H groups in total. The number of rotatable bonds is 3. The molecule has 0 atom stereocenters. The molecule has 3 nitrogen and oxygen atoms in total. The monoisotopic (exact) mass is 243 g/mol. The summed E-state index contributed by atoms with van der Waals surface area (Å²) in [5.74, 6) is -0.240. The maximum Gasteiger partial charge on any atom is 0.314 e. The molecule has 0 saturated heterocycles. The van der Waals surface area contributed by atoms with Gasteiger partial charge in [0.2, 0.25) is 0 Å². The van der Waals surface area contributed by atoms with Crippen molar-refractivity contribution in [2.45, 2.75) is 38.0 Å². The molecule has 1 fully saturated rings. The average molecular weight is 243 g/mol. The zero-order valence-electron chi connectivity index (χ0n) is 10.7. The summed E-state index contributed by atoms with van der Waals surface area (Å²) in [5.41, 5.74) is 2.60. The molecule has 0 spiro atoms. The molecular weight excluding hydrogens is 226 g/mol. The highest BCUT2D eigenvalue weighted by Gasteiger charge is 2.52. The van der Waals surface area contributed by atoms with Crippen molar-refractivity contribution < 1.29 is 9.90 Å². The lowest BCUT2D eigenvalue weighted by atomic mass is 9.93. The van der Waals surface area contributed by atoms with E-state index in [1.807, 2.05) is 12.3 Å². The van der Waals surface area contributed by atoms with Gasteiger partial charge in [0.15, 0.2) is 0 Å². The summed E-state index contributed by atoms with van der Waals surface area (Å²) in [4.78, 5) is 14.6. The van der Waals surface area contributed by atoms with Crippen molar-refractivity contribution in [2.24, 2.45) is 0 Å². The van der Waals surface area contributed by atoms with E-state index in [-0.39, 0.29) is 0 Å². The number of hydrogen-bond acceptors (Lipinski definition) is 1. The molecule has 0 aliphatic heterocycles. The fourth-order valence-electron chi connectivity index (χ4n) is 2.62. The maximum atomic E-state index is 11.4. The van der Waals surface area contributed by atoms with Crippen LogP contribution in [0, 0.1) is 0 Å². The SMILES string of the molecule is CC(C)c1ccc2[nH]cc(C3(C(=O)O)CC3)c2c1. The molecule has 1 aromatic heterocycles. The molecule has 1 aliphatic carbocycles. The Morgan fingerprint density at radius 3 is 2.67 bits per heavy atom. The van der Waals surface area contributed by atoms with Crippen LogP contribution in [0.3, 0.4) is 0 Å². The smallest absolute Gasteiger partial charge is 0.314 e. The molecule has 1 aliphatic rings. The Balaban J connectivity index is 2.19. The Hall–Kier alpha value is -1.77. The number of hydrogen-bond donors (Lipinski definition) is 2. The number of aromatic amines is 1. The average Bonchev–Trinajstić information content (AvgIpc) is 3.03. The van der Waals surface area contributed by atoms with Crippen molar-refractivity contribution in [2.75, 3.05) is 0 Å². The molecule has 0 unspecified atom stereocenters. The molecule has 18 heavy (non-hydrogen) atoms. The first-order valence-electron chi connectivity index (χ1n) is 6.39. The molecule has 1 heterocycles. The summed E-state index contributed by atoms with van der Waals surface area (Å²) in [7, 11) is 0. The van der Waals surface area contributed by atoms with Crippen molar-refractivity contribution in [1.82, 2.24) is 4.98 Å². The number of carbonyl (C=O) groups is 1. The van der Waals surface area contributed by atoms with Gasteiger partial charge in [-0.25, -0.2) is 0 Å². The zero-order valence-corrected chi connectivity index (χ0v) is 10.7. The van der Waals surface area contributed by atoms with Crippen LogP contribution in [-0.4, -0.2) is 16.1 Å². The first kappa shape index (κ1) is 11.3. The number of nitrogens with one attached hydrogen (secondary N) is 1. The summed E-state index contributed by atoms with van der Waals surface area (Å²) in [6, 6.07) is 6.29. The van der Waals surface area contributed by atoms with Gasteiger partial charge in [-0.2, -0.15) is 0 Å². The summed E-state index contributed by atoms with van der Waals surface area (Å²) in [6.45, 7) is 4.30. The van der Waals surface area contributed by atoms with Crippen molar-refractivity contribution in [1.29, 1.82) is 0 Å². The third-order valence-electron chi connectivity index (χ3n) is 4.05. The normalized spacial score (nSPS) is 17.3. The van der Waals surface area contributed by atoms with Gasteiger partial charge in [-0.05, 0) is 42.0 Å². The predicted molar refractivity (Wildman–Crippen MR) is 70.9 cm³/mol. The minimum atomic E-state index is -0.696. The fourth-order valence-corrected chi connectivity index (χ4v) is 2.62.